The first-order chi connectivity index (χ1) is 14.3. The average Bonchev–Trinajstić information content (AvgIpc) is 3.43. The lowest BCUT2D eigenvalue weighted by Gasteiger charge is -2.35. The quantitative estimate of drug-likeness (QED) is 0.721. The first-order valence-electron chi connectivity index (χ1n) is 10.1. The molecule has 3 heterocycles. The Morgan fingerprint density at radius 1 is 1.10 bits per heavy atom. The van der Waals surface area contributed by atoms with Crippen LogP contribution >= 0.6 is 0 Å². The third-order valence-electron chi connectivity index (χ3n) is 5.85. The number of nitrogens with one attached hydrogen (secondary N) is 2. The number of fused-ring (bicyclic) bond motifs is 1. The van der Waals surface area contributed by atoms with Crippen LogP contribution in [0.5, 0.6) is 0 Å². The summed E-state index contributed by atoms with van der Waals surface area (Å²) in [6, 6.07) is 18.4. The molecule has 148 valence electrons. The fourth-order valence-corrected chi connectivity index (χ4v) is 4.41. The number of carbonyl (C=O) groups is 1. The second kappa shape index (κ2) is 7.81. The highest BCUT2D eigenvalue weighted by Crippen LogP contribution is 2.30. The average molecular weight is 388 g/mol. The summed E-state index contributed by atoms with van der Waals surface area (Å²) in [4.78, 5) is 22.8. The number of aromatic nitrogens is 2. The van der Waals surface area contributed by atoms with Gasteiger partial charge in [-0.25, -0.2) is 4.98 Å². The number of amides is 1. The van der Waals surface area contributed by atoms with E-state index in [-0.39, 0.29) is 18.1 Å². The molecule has 0 spiro atoms. The molecule has 2 aliphatic heterocycles. The molecule has 2 aromatic carbocycles. The minimum absolute atomic E-state index is 0.0534. The lowest BCUT2D eigenvalue weighted by Crippen LogP contribution is -2.43. The maximum Gasteiger partial charge on any atom is 0.252 e. The molecule has 1 amide bonds. The van der Waals surface area contributed by atoms with E-state index in [1.165, 1.54) is 5.56 Å². The predicted octanol–water partition coefficient (Wildman–Crippen LogP) is 3.02. The van der Waals surface area contributed by atoms with Gasteiger partial charge in [0.1, 0.15) is 5.82 Å². The smallest absolute Gasteiger partial charge is 0.252 e. The van der Waals surface area contributed by atoms with Gasteiger partial charge in [0.15, 0.2) is 0 Å². The highest BCUT2D eigenvalue weighted by molar-refractivity contribution is 6.00. The topological polar surface area (TPSA) is 70.2 Å². The maximum atomic E-state index is 13.0. The van der Waals surface area contributed by atoms with Gasteiger partial charge in [-0.05, 0) is 18.1 Å². The number of ether oxygens (including phenoxy) is 1. The van der Waals surface area contributed by atoms with Crippen molar-refractivity contribution in [3.8, 4) is 11.4 Å². The van der Waals surface area contributed by atoms with E-state index in [4.69, 9.17) is 4.74 Å². The summed E-state index contributed by atoms with van der Waals surface area (Å²) in [6.07, 6.45) is 4.47. The number of aromatic amines is 1. The van der Waals surface area contributed by atoms with Gasteiger partial charge in [-0.15, -0.1) is 0 Å². The van der Waals surface area contributed by atoms with Crippen molar-refractivity contribution in [2.45, 2.75) is 24.6 Å². The summed E-state index contributed by atoms with van der Waals surface area (Å²) in [5.41, 5.74) is 2.68. The Labute approximate surface area is 169 Å². The van der Waals surface area contributed by atoms with Gasteiger partial charge in [0, 0.05) is 43.1 Å². The summed E-state index contributed by atoms with van der Waals surface area (Å²) in [5.74, 6) is 0.654. The van der Waals surface area contributed by atoms with Crippen molar-refractivity contribution in [2.75, 3.05) is 19.7 Å². The van der Waals surface area contributed by atoms with Crippen LogP contribution in [-0.4, -0.2) is 52.6 Å². The Hall–Kier alpha value is -2.96. The number of rotatable bonds is 4. The van der Waals surface area contributed by atoms with Crippen molar-refractivity contribution in [1.29, 1.82) is 0 Å². The van der Waals surface area contributed by atoms with E-state index >= 15 is 0 Å². The minimum atomic E-state index is -0.0534. The summed E-state index contributed by atoms with van der Waals surface area (Å²) < 4.78 is 6.12. The number of imidazole rings is 1. The predicted molar refractivity (Wildman–Crippen MR) is 110 cm³/mol. The van der Waals surface area contributed by atoms with Gasteiger partial charge >= 0.3 is 0 Å². The Morgan fingerprint density at radius 2 is 1.93 bits per heavy atom. The normalized spacial score (nSPS) is 24.2. The van der Waals surface area contributed by atoms with Crippen molar-refractivity contribution >= 4 is 5.91 Å². The molecule has 2 fully saturated rings. The monoisotopic (exact) mass is 388 g/mol. The second-order valence-electron chi connectivity index (χ2n) is 7.73. The van der Waals surface area contributed by atoms with Gasteiger partial charge in [0.25, 0.3) is 5.91 Å². The third kappa shape index (κ3) is 3.69. The van der Waals surface area contributed by atoms with Gasteiger partial charge in [-0.2, -0.15) is 0 Å². The third-order valence-corrected chi connectivity index (χ3v) is 5.85. The molecule has 29 heavy (non-hydrogen) atoms. The van der Waals surface area contributed by atoms with Crippen LogP contribution in [0.1, 0.15) is 28.4 Å². The van der Waals surface area contributed by atoms with Crippen LogP contribution in [0.15, 0.2) is 67.0 Å². The Bertz CT molecular complexity index is 974. The summed E-state index contributed by atoms with van der Waals surface area (Å²) in [7, 11) is 0. The fraction of sp³-hybridized carbons (Fsp3) is 0.304. The Morgan fingerprint density at radius 3 is 2.76 bits per heavy atom. The lowest BCUT2D eigenvalue weighted by atomic mass is 10.1. The van der Waals surface area contributed by atoms with Crippen molar-refractivity contribution in [2.24, 2.45) is 0 Å². The summed E-state index contributed by atoms with van der Waals surface area (Å²) in [6.45, 7) is 2.42. The molecule has 3 atom stereocenters. The molecule has 0 aliphatic carbocycles. The Balaban J connectivity index is 1.26. The molecule has 5 rings (SSSR count). The zero-order valence-electron chi connectivity index (χ0n) is 16.1. The van der Waals surface area contributed by atoms with Crippen LogP contribution in [0.3, 0.4) is 0 Å². The summed E-state index contributed by atoms with van der Waals surface area (Å²) in [5, 5.41) is 3.23. The van der Waals surface area contributed by atoms with Gasteiger partial charge in [0.2, 0.25) is 0 Å². The van der Waals surface area contributed by atoms with E-state index in [9.17, 15) is 4.79 Å². The number of morpholine rings is 1. The molecule has 0 bridgehead atoms. The molecule has 3 aromatic rings. The molecule has 6 heteroatoms. The van der Waals surface area contributed by atoms with Crippen LogP contribution in [0.25, 0.3) is 11.4 Å². The molecule has 0 radical (unpaired) electrons. The number of carbonyl (C=O) groups excluding carboxylic acids is 1. The van der Waals surface area contributed by atoms with Crippen molar-refractivity contribution < 1.29 is 9.53 Å². The van der Waals surface area contributed by atoms with Crippen LogP contribution in [0.4, 0.5) is 0 Å². The van der Waals surface area contributed by atoms with E-state index < -0.39 is 0 Å². The molecule has 1 aromatic heterocycles. The fourth-order valence-electron chi connectivity index (χ4n) is 4.41. The zero-order valence-corrected chi connectivity index (χ0v) is 16.1. The largest absolute Gasteiger partial charge is 0.371 e. The van der Waals surface area contributed by atoms with E-state index in [2.05, 4.69) is 32.3 Å². The van der Waals surface area contributed by atoms with Crippen LogP contribution in [0.2, 0.25) is 0 Å². The van der Waals surface area contributed by atoms with Crippen molar-refractivity contribution in [3.05, 3.63) is 78.1 Å². The Kier molecular flexibility index (Phi) is 4.87. The molecule has 2 saturated heterocycles. The van der Waals surface area contributed by atoms with E-state index in [1.807, 2.05) is 42.5 Å². The molecule has 2 N–H and O–H groups in total. The molecule has 0 saturated carbocycles. The number of H-pyrrole nitrogens is 1. The van der Waals surface area contributed by atoms with Gasteiger partial charge < -0.3 is 15.0 Å². The van der Waals surface area contributed by atoms with Crippen LogP contribution in [0, 0.1) is 0 Å². The van der Waals surface area contributed by atoms with Crippen molar-refractivity contribution in [3.63, 3.8) is 0 Å². The standard InChI is InChI=1S/C23H24N4O2/c28-23(20-9-5-4-8-19(20)22-24-10-11-25-22)26-17-12-18-15-29-21(14-27(18)13-17)16-6-2-1-3-7-16/h1-11,17-18,21H,12-15H2,(H,24,25)(H,26,28)/t17-,18-,21+/m0/s1. The van der Waals surface area contributed by atoms with E-state index in [0.29, 0.717) is 24.0 Å². The molecular formula is C23H24N4O2. The van der Waals surface area contributed by atoms with Gasteiger partial charge in [-0.3, -0.25) is 9.69 Å². The first kappa shape index (κ1) is 18.1. The number of hydrogen-bond donors (Lipinski definition) is 2. The first-order valence-corrected chi connectivity index (χ1v) is 10.1. The highest BCUT2D eigenvalue weighted by atomic mass is 16.5. The van der Waals surface area contributed by atoms with Crippen LogP contribution in [-0.2, 0) is 4.74 Å². The number of benzene rings is 2. The molecule has 6 nitrogen and oxygen atoms in total. The second-order valence-corrected chi connectivity index (χ2v) is 7.73. The summed E-state index contributed by atoms with van der Waals surface area (Å²) >= 11 is 0. The number of nitrogens with zero attached hydrogens (tertiary/aromatic N) is 2. The minimum Gasteiger partial charge on any atom is -0.371 e. The van der Waals surface area contributed by atoms with Gasteiger partial charge in [-0.1, -0.05) is 48.5 Å². The van der Waals surface area contributed by atoms with Crippen molar-refractivity contribution in [1.82, 2.24) is 20.2 Å². The maximum absolute atomic E-state index is 13.0. The van der Waals surface area contributed by atoms with E-state index in [0.717, 1.165) is 25.1 Å². The van der Waals surface area contributed by atoms with Gasteiger partial charge in [0.05, 0.1) is 18.3 Å². The lowest BCUT2D eigenvalue weighted by molar-refractivity contribution is -0.0502. The SMILES string of the molecule is O=C(N[C@H]1C[C@H]2CO[C@@H](c3ccccc3)CN2C1)c1ccccc1-c1ncc[nH]1. The molecule has 0 unspecified atom stereocenters. The van der Waals surface area contributed by atoms with Crippen LogP contribution < -0.4 is 5.32 Å². The molecule has 2 aliphatic rings. The highest BCUT2D eigenvalue weighted by Gasteiger charge is 2.38. The zero-order chi connectivity index (χ0) is 19.6. The van der Waals surface area contributed by atoms with E-state index in [1.54, 1.807) is 12.4 Å². The molecular weight excluding hydrogens is 364 g/mol. The number of hydrogen-bond acceptors (Lipinski definition) is 4.